The SMILES string of the molecule is O=C(CCl)Nc1cccc(F)c1Br. The second kappa shape index (κ2) is 4.58. The Bertz CT molecular complexity index is 332. The lowest BCUT2D eigenvalue weighted by Gasteiger charge is -2.05. The number of hydrogen-bond donors (Lipinski definition) is 1. The summed E-state index contributed by atoms with van der Waals surface area (Å²) in [6.07, 6.45) is 0. The molecule has 2 nitrogen and oxygen atoms in total. The molecule has 0 aromatic heterocycles. The number of nitrogens with one attached hydrogen (secondary N) is 1. The molecule has 70 valence electrons. The van der Waals surface area contributed by atoms with Crippen molar-refractivity contribution >= 4 is 39.1 Å². The van der Waals surface area contributed by atoms with Crippen LogP contribution in [0.2, 0.25) is 0 Å². The van der Waals surface area contributed by atoms with Gasteiger partial charge in [-0.1, -0.05) is 6.07 Å². The molecular formula is C8H6BrClFNO. The van der Waals surface area contributed by atoms with Gasteiger partial charge in [0.2, 0.25) is 5.91 Å². The monoisotopic (exact) mass is 265 g/mol. The minimum atomic E-state index is -0.424. The van der Waals surface area contributed by atoms with Crippen LogP contribution in [-0.2, 0) is 4.79 Å². The van der Waals surface area contributed by atoms with Gasteiger partial charge in [0.15, 0.2) is 0 Å². The Morgan fingerprint density at radius 1 is 1.62 bits per heavy atom. The van der Waals surface area contributed by atoms with Crippen LogP contribution in [0, 0.1) is 5.82 Å². The van der Waals surface area contributed by atoms with Gasteiger partial charge >= 0.3 is 0 Å². The zero-order valence-electron chi connectivity index (χ0n) is 6.48. The van der Waals surface area contributed by atoms with Crippen molar-refractivity contribution < 1.29 is 9.18 Å². The Labute approximate surface area is 88.2 Å². The van der Waals surface area contributed by atoms with E-state index < -0.39 is 5.82 Å². The Balaban J connectivity index is 2.89. The maximum atomic E-state index is 12.9. The first-order valence-electron chi connectivity index (χ1n) is 3.45. The van der Waals surface area contributed by atoms with Crippen LogP contribution >= 0.6 is 27.5 Å². The number of benzene rings is 1. The van der Waals surface area contributed by atoms with Gasteiger partial charge in [0, 0.05) is 0 Å². The predicted octanol–water partition coefficient (Wildman–Crippen LogP) is 2.77. The molecule has 0 heterocycles. The van der Waals surface area contributed by atoms with Crippen LogP contribution in [-0.4, -0.2) is 11.8 Å². The van der Waals surface area contributed by atoms with Crippen molar-refractivity contribution in [1.82, 2.24) is 0 Å². The number of anilines is 1. The minimum Gasteiger partial charge on any atom is -0.324 e. The fraction of sp³-hybridized carbons (Fsp3) is 0.125. The van der Waals surface area contributed by atoms with Crippen molar-refractivity contribution in [3.63, 3.8) is 0 Å². The van der Waals surface area contributed by atoms with Crippen LogP contribution in [0.25, 0.3) is 0 Å². The molecule has 0 aliphatic heterocycles. The molecule has 0 unspecified atom stereocenters. The summed E-state index contributed by atoms with van der Waals surface area (Å²) in [5.41, 5.74) is 0.380. The van der Waals surface area contributed by atoms with E-state index in [4.69, 9.17) is 11.6 Å². The molecule has 0 saturated carbocycles. The van der Waals surface area contributed by atoms with Crippen LogP contribution in [0.3, 0.4) is 0 Å². The molecular weight excluding hydrogens is 260 g/mol. The Hall–Kier alpha value is -0.610. The largest absolute Gasteiger partial charge is 0.324 e. The summed E-state index contributed by atoms with van der Waals surface area (Å²) in [7, 11) is 0. The molecule has 13 heavy (non-hydrogen) atoms. The summed E-state index contributed by atoms with van der Waals surface area (Å²) < 4.78 is 13.1. The van der Waals surface area contributed by atoms with Gasteiger partial charge in [-0.3, -0.25) is 4.79 Å². The van der Waals surface area contributed by atoms with Gasteiger partial charge < -0.3 is 5.32 Å². The normalized spacial score (nSPS) is 9.77. The molecule has 1 amide bonds. The highest BCUT2D eigenvalue weighted by Crippen LogP contribution is 2.24. The third-order valence-electron chi connectivity index (χ3n) is 1.35. The standard InChI is InChI=1S/C8H6BrClFNO/c9-8-5(11)2-1-3-6(8)12-7(13)4-10/h1-3H,4H2,(H,12,13). The fourth-order valence-electron chi connectivity index (χ4n) is 0.784. The number of halogens is 3. The minimum absolute atomic E-state index is 0.150. The second-order valence-corrected chi connectivity index (χ2v) is 3.34. The lowest BCUT2D eigenvalue weighted by Crippen LogP contribution is -2.13. The van der Waals surface area contributed by atoms with Crippen LogP contribution < -0.4 is 5.32 Å². The van der Waals surface area contributed by atoms with Crippen LogP contribution in [0.4, 0.5) is 10.1 Å². The molecule has 0 fully saturated rings. The number of hydrogen-bond acceptors (Lipinski definition) is 1. The topological polar surface area (TPSA) is 29.1 Å². The number of carbonyl (C=O) groups excluding carboxylic acids is 1. The second-order valence-electron chi connectivity index (χ2n) is 2.28. The average molecular weight is 266 g/mol. The molecule has 1 rings (SSSR count). The summed E-state index contributed by atoms with van der Waals surface area (Å²) in [6, 6.07) is 4.38. The van der Waals surface area contributed by atoms with E-state index in [1.807, 2.05) is 0 Å². The van der Waals surface area contributed by atoms with Gasteiger partial charge in [-0.05, 0) is 28.1 Å². The van der Waals surface area contributed by atoms with E-state index in [1.165, 1.54) is 12.1 Å². The lowest BCUT2D eigenvalue weighted by molar-refractivity contribution is -0.113. The van der Waals surface area contributed by atoms with E-state index >= 15 is 0 Å². The Morgan fingerprint density at radius 2 is 2.31 bits per heavy atom. The zero-order chi connectivity index (χ0) is 9.84. The van der Waals surface area contributed by atoms with Crippen LogP contribution in [0.5, 0.6) is 0 Å². The Morgan fingerprint density at radius 3 is 2.92 bits per heavy atom. The summed E-state index contributed by atoms with van der Waals surface area (Å²) in [6.45, 7) is 0. The predicted molar refractivity (Wildman–Crippen MR) is 53.4 cm³/mol. The highest BCUT2D eigenvalue weighted by Gasteiger charge is 2.07. The maximum Gasteiger partial charge on any atom is 0.239 e. The molecule has 0 aliphatic rings. The summed E-state index contributed by atoms with van der Waals surface area (Å²) in [5, 5.41) is 2.44. The third-order valence-corrected chi connectivity index (χ3v) is 2.40. The first-order chi connectivity index (χ1) is 6.15. The maximum absolute atomic E-state index is 12.9. The van der Waals surface area contributed by atoms with E-state index in [-0.39, 0.29) is 16.3 Å². The number of amides is 1. The lowest BCUT2D eigenvalue weighted by atomic mass is 10.3. The van der Waals surface area contributed by atoms with Gasteiger partial charge in [0.25, 0.3) is 0 Å². The fourth-order valence-corrected chi connectivity index (χ4v) is 1.21. The van der Waals surface area contributed by atoms with E-state index in [0.29, 0.717) is 5.69 Å². The van der Waals surface area contributed by atoms with Crippen molar-refractivity contribution in [2.75, 3.05) is 11.2 Å². The number of alkyl halides is 1. The van der Waals surface area contributed by atoms with Gasteiger partial charge in [-0.15, -0.1) is 11.6 Å². The first-order valence-corrected chi connectivity index (χ1v) is 4.77. The van der Waals surface area contributed by atoms with Gasteiger partial charge in [-0.25, -0.2) is 4.39 Å². The molecule has 1 N–H and O–H groups in total. The van der Waals surface area contributed by atoms with Crippen molar-refractivity contribution in [1.29, 1.82) is 0 Å². The van der Waals surface area contributed by atoms with E-state index in [0.717, 1.165) is 0 Å². The van der Waals surface area contributed by atoms with Crippen molar-refractivity contribution in [2.24, 2.45) is 0 Å². The molecule has 0 radical (unpaired) electrons. The van der Waals surface area contributed by atoms with Crippen molar-refractivity contribution in [3.05, 3.63) is 28.5 Å². The van der Waals surface area contributed by atoms with Crippen LogP contribution in [0.15, 0.2) is 22.7 Å². The molecule has 0 aliphatic carbocycles. The van der Waals surface area contributed by atoms with E-state index in [9.17, 15) is 9.18 Å². The average Bonchev–Trinajstić information content (AvgIpc) is 2.13. The summed E-state index contributed by atoms with van der Waals surface area (Å²) in [4.78, 5) is 10.9. The highest BCUT2D eigenvalue weighted by molar-refractivity contribution is 9.10. The number of carbonyl (C=O) groups is 1. The molecule has 5 heteroatoms. The summed E-state index contributed by atoms with van der Waals surface area (Å²) >= 11 is 8.28. The quantitative estimate of drug-likeness (QED) is 0.820. The van der Waals surface area contributed by atoms with Gasteiger partial charge in [0.1, 0.15) is 11.7 Å². The van der Waals surface area contributed by atoms with Crippen LogP contribution in [0.1, 0.15) is 0 Å². The molecule has 1 aromatic rings. The highest BCUT2D eigenvalue weighted by atomic mass is 79.9. The molecule has 1 aromatic carbocycles. The van der Waals surface area contributed by atoms with Gasteiger partial charge in [0.05, 0.1) is 10.2 Å². The first kappa shape index (κ1) is 10.5. The smallest absolute Gasteiger partial charge is 0.239 e. The van der Waals surface area contributed by atoms with Crippen molar-refractivity contribution in [2.45, 2.75) is 0 Å². The molecule has 0 bridgehead atoms. The molecule has 0 atom stereocenters. The Kier molecular flexibility index (Phi) is 3.69. The third kappa shape index (κ3) is 2.67. The van der Waals surface area contributed by atoms with E-state index in [2.05, 4.69) is 21.2 Å². The molecule has 0 spiro atoms. The number of rotatable bonds is 2. The zero-order valence-corrected chi connectivity index (χ0v) is 8.82. The van der Waals surface area contributed by atoms with Crippen molar-refractivity contribution in [3.8, 4) is 0 Å². The van der Waals surface area contributed by atoms with E-state index in [1.54, 1.807) is 6.07 Å². The van der Waals surface area contributed by atoms with Gasteiger partial charge in [-0.2, -0.15) is 0 Å². The molecule has 0 saturated heterocycles. The summed E-state index contributed by atoms with van der Waals surface area (Å²) in [5.74, 6) is -0.941.